The average molecular weight is 334 g/mol. The van der Waals surface area contributed by atoms with E-state index in [0.29, 0.717) is 0 Å². The van der Waals surface area contributed by atoms with Crippen molar-refractivity contribution in [2.75, 3.05) is 14.2 Å². The first-order valence-corrected chi connectivity index (χ1v) is 8.34. The summed E-state index contributed by atoms with van der Waals surface area (Å²) in [4.78, 5) is 12.5. The largest absolute Gasteiger partial charge is 0.497 e. The van der Waals surface area contributed by atoms with Crippen LogP contribution in [-0.2, 0) is 9.53 Å². The van der Waals surface area contributed by atoms with Crippen LogP contribution in [-0.4, -0.2) is 20.2 Å². The van der Waals surface area contributed by atoms with Gasteiger partial charge in [-0.25, -0.2) is 0 Å². The van der Waals surface area contributed by atoms with Crippen LogP contribution in [0.4, 0.5) is 0 Å². The molecule has 3 aromatic rings. The summed E-state index contributed by atoms with van der Waals surface area (Å²) in [6, 6.07) is 22.1. The van der Waals surface area contributed by atoms with E-state index in [1.165, 1.54) is 7.11 Å². The van der Waals surface area contributed by atoms with Crippen molar-refractivity contribution >= 4 is 16.7 Å². The van der Waals surface area contributed by atoms with E-state index in [1.54, 1.807) is 7.11 Å². The minimum absolute atomic E-state index is 0.0143. The quantitative estimate of drug-likeness (QED) is 0.622. The Morgan fingerprint density at radius 1 is 0.840 bits per heavy atom. The van der Waals surface area contributed by atoms with E-state index in [9.17, 15) is 4.79 Å². The van der Waals surface area contributed by atoms with Crippen LogP contribution in [0.3, 0.4) is 0 Å². The fraction of sp³-hybridized carbons (Fsp3) is 0.227. The maximum atomic E-state index is 12.5. The molecule has 3 heteroatoms. The zero-order valence-electron chi connectivity index (χ0n) is 14.7. The normalized spacial score (nSPS) is 13.2. The second kappa shape index (κ2) is 7.39. The molecular weight excluding hydrogens is 312 g/mol. The van der Waals surface area contributed by atoms with Gasteiger partial charge < -0.3 is 9.47 Å². The summed E-state index contributed by atoms with van der Waals surface area (Å²) in [5.41, 5.74) is 2.04. The smallest absolute Gasteiger partial charge is 0.313 e. The number of fused-ring (bicyclic) bond motifs is 1. The Morgan fingerprint density at radius 2 is 1.48 bits per heavy atom. The molecule has 0 heterocycles. The molecule has 0 fully saturated rings. The van der Waals surface area contributed by atoms with Crippen molar-refractivity contribution in [1.29, 1.82) is 0 Å². The summed E-state index contributed by atoms with van der Waals surface area (Å²) in [5.74, 6) is 0.206. The lowest BCUT2D eigenvalue weighted by Crippen LogP contribution is -2.20. The molecule has 0 saturated heterocycles. The molecule has 0 aliphatic rings. The number of hydrogen-bond donors (Lipinski definition) is 0. The highest BCUT2D eigenvalue weighted by Crippen LogP contribution is 2.35. The molecule has 0 spiro atoms. The van der Waals surface area contributed by atoms with Crippen LogP contribution < -0.4 is 4.74 Å². The standard InChI is InChI=1S/C22H22O3/c1-15(16-10-12-20(24-2)13-11-16)21(22(23)25-3)19-9-8-17-6-4-5-7-18(17)14-19/h4-15,21H,1-3H3. The number of esters is 1. The first-order chi connectivity index (χ1) is 12.1. The van der Waals surface area contributed by atoms with Crippen molar-refractivity contribution in [2.45, 2.75) is 18.8 Å². The predicted molar refractivity (Wildman–Crippen MR) is 100 cm³/mol. The fourth-order valence-electron chi connectivity index (χ4n) is 3.26. The van der Waals surface area contributed by atoms with Crippen LogP contribution in [0, 0.1) is 0 Å². The summed E-state index contributed by atoms with van der Waals surface area (Å²) in [7, 11) is 3.09. The van der Waals surface area contributed by atoms with Crippen molar-refractivity contribution in [3.63, 3.8) is 0 Å². The highest BCUT2D eigenvalue weighted by Gasteiger charge is 2.29. The van der Waals surface area contributed by atoms with Crippen LogP contribution in [0.5, 0.6) is 5.75 Å². The summed E-state index contributed by atoms with van der Waals surface area (Å²) in [6.07, 6.45) is 0. The summed E-state index contributed by atoms with van der Waals surface area (Å²) < 4.78 is 10.3. The van der Waals surface area contributed by atoms with Crippen LogP contribution in [0.25, 0.3) is 10.8 Å². The van der Waals surface area contributed by atoms with Gasteiger partial charge in [-0.1, -0.05) is 61.5 Å². The number of rotatable bonds is 5. The fourth-order valence-corrected chi connectivity index (χ4v) is 3.26. The highest BCUT2D eigenvalue weighted by atomic mass is 16.5. The summed E-state index contributed by atoms with van der Waals surface area (Å²) in [6.45, 7) is 2.05. The highest BCUT2D eigenvalue weighted by molar-refractivity contribution is 5.86. The Hall–Kier alpha value is -2.81. The molecule has 0 aromatic heterocycles. The topological polar surface area (TPSA) is 35.5 Å². The molecule has 2 atom stereocenters. The summed E-state index contributed by atoms with van der Waals surface area (Å²) >= 11 is 0. The zero-order valence-corrected chi connectivity index (χ0v) is 14.7. The van der Waals surface area contributed by atoms with E-state index >= 15 is 0 Å². The molecule has 3 nitrogen and oxygen atoms in total. The van der Waals surface area contributed by atoms with Crippen molar-refractivity contribution in [1.82, 2.24) is 0 Å². The van der Waals surface area contributed by atoms with Crippen LogP contribution in [0.1, 0.15) is 29.9 Å². The lowest BCUT2D eigenvalue weighted by Gasteiger charge is -2.23. The second-order valence-electron chi connectivity index (χ2n) is 6.17. The van der Waals surface area contributed by atoms with Gasteiger partial charge in [0.05, 0.1) is 20.1 Å². The van der Waals surface area contributed by atoms with Crippen molar-refractivity contribution in [3.8, 4) is 5.75 Å². The SMILES string of the molecule is COC(=O)C(c1ccc2ccccc2c1)C(C)c1ccc(OC)cc1. The first-order valence-electron chi connectivity index (χ1n) is 8.34. The molecule has 0 N–H and O–H groups in total. The predicted octanol–water partition coefficient (Wildman–Crippen LogP) is 4.91. The molecule has 0 radical (unpaired) electrons. The molecule has 128 valence electrons. The zero-order chi connectivity index (χ0) is 17.8. The van der Waals surface area contributed by atoms with Crippen LogP contribution in [0.2, 0.25) is 0 Å². The third kappa shape index (κ3) is 3.50. The third-order valence-corrected chi connectivity index (χ3v) is 4.73. The molecular formula is C22H22O3. The Bertz CT molecular complexity index is 868. The van der Waals surface area contributed by atoms with Gasteiger partial charge in [0.1, 0.15) is 5.75 Å². The Labute approximate surface area is 148 Å². The van der Waals surface area contributed by atoms with Gasteiger partial charge in [0.15, 0.2) is 0 Å². The number of hydrogen-bond acceptors (Lipinski definition) is 3. The van der Waals surface area contributed by atoms with Gasteiger partial charge in [-0.05, 0) is 39.9 Å². The van der Waals surface area contributed by atoms with Gasteiger partial charge in [0.2, 0.25) is 0 Å². The summed E-state index contributed by atoms with van der Waals surface area (Å²) in [5, 5.41) is 2.28. The van der Waals surface area contributed by atoms with Gasteiger partial charge >= 0.3 is 5.97 Å². The van der Waals surface area contributed by atoms with Gasteiger partial charge in [-0.2, -0.15) is 0 Å². The lowest BCUT2D eigenvalue weighted by molar-refractivity contribution is -0.142. The number of carbonyl (C=O) groups excluding carboxylic acids is 1. The minimum Gasteiger partial charge on any atom is -0.497 e. The molecule has 25 heavy (non-hydrogen) atoms. The maximum absolute atomic E-state index is 12.5. The van der Waals surface area contributed by atoms with Gasteiger partial charge in [-0.15, -0.1) is 0 Å². The van der Waals surface area contributed by atoms with E-state index in [2.05, 4.69) is 31.2 Å². The second-order valence-corrected chi connectivity index (χ2v) is 6.17. The van der Waals surface area contributed by atoms with Crippen LogP contribution in [0.15, 0.2) is 66.7 Å². The first kappa shape index (κ1) is 17.0. The number of carbonyl (C=O) groups is 1. The van der Waals surface area contributed by atoms with Crippen molar-refractivity contribution in [2.24, 2.45) is 0 Å². The lowest BCUT2D eigenvalue weighted by atomic mass is 9.82. The average Bonchev–Trinajstić information content (AvgIpc) is 2.67. The van der Waals surface area contributed by atoms with E-state index in [4.69, 9.17) is 9.47 Å². The van der Waals surface area contributed by atoms with Gasteiger partial charge in [0, 0.05) is 0 Å². The molecule has 0 bridgehead atoms. The minimum atomic E-state index is -0.358. The van der Waals surface area contributed by atoms with Crippen molar-refractivity contribution in [3.05, 3.63) is 77.9 Å². The molecule has 0 aliphatic carbocycles. The van der Waals surface area contributed by atoms with Gasteiger partial charge in [0.25, 0.3) is 0 Å². The Kier molecular flexibility index (Phi) is 5.03. The van der Waals surface area contributed by atoms with E-state index < -0.39 is 0 Å². The molecule has 0 saturated carbocycles. The van der Waals surface area contributed by atoms with E-state index in [0.717, 1.165) is 27.6 Å². The van der Waals surface area contributed by atoms with Gasteiger partial charge in [-0.3, -0.25) is 4.79 Å². The number of benzene rings is 3. The third-order valence-electron chi connectivity index (χ3n) is 4.73. The molecule has 3 aromatic carbocycles. The number of methoxy groups -OCH3 is 2. The molecule has 2 unspecified atom stereocenters. The molecule has 3 rings (SSSR count). The Balaban J connectivity index is 2.01. The van der Waals surface area contributed by atoms with E-state index in [-0.39, 0.29) is 17.8 Å². The van der Waals surface area contributed by atoms with Crippen molar-refractivity contribution < 1.29 is 14.3 Å². The Morgan fingerprint density at radius 3 is 2.12 bits per heavy atom. The molecule has 0 amide bonds. The number of ether oxygens (including phenoxy) is 2. The monoisotopic (exact) mass is 334 g/mol. The molecule has 0 aliphatic heterocycles. The maximum Gasteiger partial charge on any atom is 0.313 e. The van der Waals surface area contributed by atoms with E-state index in [1.807, 2.05) is 42.5 Å². The van der Waals surface area contributed by atoms with Crippen LogP contribution >= 0.6 is 0 Å².